The number of aromatic amines is 1. The molecule has 0 atom stereocenters. The van der Waals surface area contributed by atoms with E-state index in [-0.39, 0.29) is 11.3 Å². The Morgan fingerprint density at radius 2 is 1.83 bits per heavy atom. The molecule has 23 heavy (non-hydrogen) atoms. The Kier molecular flexibility index (Phi) is 3.28. The summed E-state index contributed by atoms with van der Waals surface area (Å²) in [5.41, 5.74) is 5.96. The van der Waals surface area contributed by atoms with E-state index in [0.717, 1.165) is 6.07 Å². The minimum absolute atomic E-state index is 0.230. The maximum Gasteiger partial charge on any atom is 0.416 e. The Bertz CT molecular complexity index is 913. The van der Waals surface area contributed by atoms with E-state index < -0.39 is 23.4 Å². The molecule has 3 aromatic rings. The third-order valence-corrected chi connectivity index (χ3v) is 3.52. The number of primary amides is 1. The van der Waals surface area contributed by atoms with E-state index in [4.69, 9.17) is 5.73 Å². The minimum Gasteiger partial charge on any atom is -0.507 e. The van der Waals surface area contributed by atoms with Crippen molar-refractivity contribution in [2.45, 2.75) is 6.18 Å². The van der Waals surface area contributed by atoms with Crippen molar-refractivity contribution >= 4 is 16.8 Å². The van der Waals surface area contributed by atoms with E-state index >= 15 is 0 Å². The standard InChI is InChI=1S/C16H11F3N2O2/c17-16(18,19)10-2-3-11(14(22)7-10)8-1-4-12-9(5-8)6-13(21-12)15(20)23/h1-7,21-22H,(H2,20,23). The highest BCUT2D eigenvalue weighted by Crippen LogP contribution is 2.37. The van der Waals surface area contributed by atoms with Gasteiger partial charge in [0.2, 0.25) is 0 Å². The molecular weight excluding hydrogens is 309 g/mol. The molecule has 0 fully saturated rings. The van der Waals surface area contributed by atoms with E-state index in [1.807, 2.05) is 0 Å². The van der Waals surface area contributed by atoms with Crippen LogP contribution in [0.3, 0.4) is 0 Å². The molecule has 0 saturated heterocycles. The van der Waals surface area contributed by atoms with Crippen LogP contribution in [0.25, 0.3) is 22.0 Å². The number of H-pyrrole nitrogens is 1. The van der Waals surface area contributed by atoms with Gasteiger partial charge in [-0.1, -0.05) is 12.1 Å². The van der Waals surface area contributed by atoms with Crippen LogP contribution < -0.4 is 5.73 Å². The molecule has 0 aliphatic heterocycles. The molecule has 118 valence electrons. The normalized spacial score (nSPS) is 11.8. The van der Waals surface area contributed by atoms with Crippen LogP contribution in [0.15, 0.2) is 42.5 Å². The van der Waals surface area contributed by atoms with Crippen LogP contribution in [0.1, 0.15) is 16.1 Å². The lowest BCUT2D eigenvalue weighted by Crippen LogP contribution is -2.10. The van der Waals surface area contributed by atoms with Crippen molar-refractivity contribution in [3.8, 4) is 16.9 Å². The predicted molar refractivity (Wildman–Crippen MR) is 78.9 cm³/mol. The number of alkyl halides is 3. The summed E-state index contributed by atoms with van der Waals surface area (Å²) in [4.78, 5) is 14.0. The summed E-state index contributed by atoms with van der Waals surface area (Å²) in [6.07, 6.45) is -4.52. The van der Waals surface area contributed by atoms with Gasteiger partial charge in [0.25, 0.3) is 5.91 Å². The van der Waals surface area contributed by atoms with Gasteiger partial charge in [0, 0.05) is 16.5 Å². The number of nitrogens with two attached hydrogens (primary N) is 1. The molecule has 0 saturated carbocycles. The Hall–Kier alpha value is -2.96. The summed E-state index contributed by atoms with van der Waals surface area (Å²) >= 11 is 0. The third kappa shape index (κ3) is 2.73. The van der Waals surface area contributed by atoms with Gasteiger partial charge in [-0.3, -0.25) is 4.79 Å². The highest BCUT2D eigenvalue weighted by molar-refractivity contribution is 5.98. The molecular formula is C16H11F3N2O2. The van der Waals surface area contributed by atoms with E-state index in [1.54, 1.807) is 24.3 Å². The molecule has 1 heterocycles. The molecule has 1 aromatic heterocycles. The van der Waals surface area contributed by atoms with Gasteiger partial charge in [-0.25, -0.2) is 0 Å². The zero-order valence-electron chi connectivity index (χ0n) is 11.6. The number of hydrogen-bond acceptors (Lipinski definition) is 2. The van der Waals surface area contributed by atoms with Crippen molar-refractivity contribution in [1.82, 2.24) is 4.98 Å². The number of rotatable bonds is 2. The fourth-order valence-corrected chi connectivity index (χ4v) is 2.38. The Balaban J connectivity index is 2.08. The number of amides is 1. The van der Waals surface area contributed by atoms with Gasteiger partial charge in [-0.05, 0) is 35.9 Å². The summed E-state index contributed by atoms with van der Waals surface area (Å²) in [5.74, 6) is -1.08. The molecule has 7 heteroatoms. The number of aromatic nitrogens is 1. The van der Waals surface area contributed by atoms with Crippen LogP contribution in [0.4, 0.5) is 13.2 Å². The third-order valence-electron chi connectivity index (χ3n) is 3.52. The van der Waals surface area contributed by atoms with Crippen LogP contribution in [0, 0.1) is 0 Å². The van der Waals surface area contributed by atoms with Gasteiger partial charge >= 0.3 is 6.18 Å². The molecule has 0 bridgehead atoms. The van der Waals surface area contributed by atoms with Crippen molar-refractivity contribution in [3.63, 3.8) is 0 Å². The number of hydrogen-bond donors (Lipinski definition) is 3. The van der Waals surface area contributed by atoms with Crippen LogP contribution in [0.5, 0.6) is 5.75 Å². The number of phenols is 1. The molecule has 0 aliphatic rings. The molecule has 0 radical (unpaired) electrons. The Morgan fingerprint density at radius 1 is 1.09 bits per heavy atom. The van der Waals surface area contributed by atoms with Gasteiger partial charge in [0.05, 0.1) is 5.56 Å². The average molecular weight is 320 g/mol. The number of benzene rings is 2. The molecule has 0 spiro atoms. The zero-order valence-corrected chi connectivity index (χ0v) is 11.6. The number of carbonyl (C=O) groups is 1. The molecule has 4 N–H and O–H groups in total. The minimum atomic E-state index is -4.52. The maximum absolute atomic E-state index is 12.6. The summed E-state index contributed by atoms with van der Waals surface area (Å²) in [5, 5.41) is 10.6. The van der Waals surface area contributed by atoms with Crippen LogP contribution in [-0.2, 0) is 6.18 Å². The highest BCUT2D eigenvalue weighted by atomic mass is 19.4. The number of phenolic OH excluding ortho intramolecular Hbond substituents is 1. The lowest BCUT2D eigenvalue weighted by atomic mass is 10.0. The van der Waals surface area contributed by atoms with Gasteiger partial charge in [-0.15, -0.1) is 0 Å². The van der Waals surface area contributed by atoms with Crippen molar-refractivity contribution in [2.24, 2.45) is 5.73 Å². The second-order valence-electron chi connectivity index (χ2n) is 5.08. The summed E-state index contributed by atoms with van der Waals surface area (Å²) < 4.78 is 37.9. The first kappa shape index (κ1) is 15.0. The van der Waals surface area contributed by atoms with Crippen molar-refractivity contribution < 1.29 is 23.1 Å². The first-order valence-electron chi connectivity index (χ1n) is 6.59. The smallest absolute Gasteiger partial charge is 0.416 e. The number of fused-ring (bicyclic) bond motifs is 1. The fourth-order valence-electron chi connectivity index (χ4n) is 2.38. The van der Waals surface area contributed by atoms with E-state index in [0.29, 0.717) is 22.5 Å². The Morgan fingerprint density at radius 3 is 2.43 bits per heavy atom. The second kappa shape index (κ2) is 5.05. The van der Waals surface area contributed by atoms with Gasteiger partial charge < -0.3 is 15.8 Å². The summed E-state index contributed by atoms with van der Waals surface area (Å²) in [7, 11) is 0. The average Bonchev–Trinajstić information content (AvgIpc) is 2.89. The maximum atomic E-state index is 12.6. The van der Waals surface area contributed by atoms with Crippen LogP contribution >= 0.6 is 0 Å². The molecule has 1 amide bonds. The number of halogens is 3. The van der Waals surface area contributed by atoms with Crippen molar-refractivity contribution in [3.05, 3.63) is 53.7 Å². The van der Waals surface area contributed by atoms with Crippen molar-refractivity contribution in [2.75, 3.05) is 0 Å². The first-order chi connectivity index (χ1) is 10.8. The van der Waals surface area contributed by atoms with E-state index in [9.17, 15) is 23.1 Å². The molecule has 0 aliphatic carbocycles. The van der Waals surface area contributed by atoms with Gasteiger partial charge in [0.1, 0.15) is 11.4 Å². The van der Waals surface area contributed by atoms with Gasteiger partial charge in [0.15, 0.2) is 0 Å². The lowest BCUT2D eigenvalue weighted by Gasteiger charge is -2.10. The highest BCUT2D eigenvalue weighted by Gasteiger charge is 2.31. The van der Waals surface area contributed by atoms with E-state index in [2.05, 4.69) is 4.98 Å². The fraction of sp³-hybridized carbons (Fsp3) is 0.0625. The SMILES string of the molecule is NC(=O)c1cc2cc(-c3ccc(C(F)(F)F)cc3O)ccc2[nH]1. The molecule has 4 nitrogen and oxygen atoms in total. The summed E-state index contributed by atoms with van der Waals surface area (Å²) in [6.45, 7) is 0. The molecule has 3 rings (SSSR count). The molecule has 0 unspecified atom stereocenters. The Labute approximate surface area is 128 Å². The predicted octanol–water partition coefficient (Wildman–Crippen LogP) is 3.66. The first-order valence-corrected chi connectivity index (χ1v) is 6.59. The van der Waals surface area contributed by atoms with E-state index in [1.165, 1.54) is 6.07 Å². The number of nitrogens with one attached hydrogen (secondary N) is 1. The van der Waals surface area contributed by atoms with Crippen molar-refractivity contribution in [1.29, 1.82) is 0 Å². The zero-order chi connectivity index (χ0) is 16.8. The number of carbonyl (C=O) groups excluding carboxylic acids is 1. The second-order valence-corrected chi connectivity index (χ2v) is 5.08. The largest absolute Gasteiger partial charge is 0.507 e. The van der Waals surface area contributed by atoms with Gasteiger partial charge in [-0.2, -0.15) is 13.2 Å². The topological polar surface area (TPSA) is 79.1 Å². The lowest BCUT2D eigenvalue weighted by molar-refractivity contribution is -0.137. The monoisotopic (exact) mass is 320 g/mol. The quantitative estimate of drug-likeness (QED) is 0.674. The van der Waals surface area contributed by atoms with Crippen LogP contribution in [0.2, 0.25) is 0 Å². The summed E-state index contributed by atoms with van der Waals surface area (Å²) in [6, 6.07) is 9.29. The molecule has 2 aromatic carbocycles. The number of aromatic hydroxyl groups is 1. The van der Waals surface area contributed by atoms with Crippen LogP contribution in [-0.4, -0.2) is 16.0 Å².